The minimum absolute atomic E-state index is 0.113. The zero-order valence-corrected chi connectivity index (χ0v) is 10.1. The number of nitrogens with zero attached hydrogens (tertiary/aromatic N) is 2. The van der Waals surface area contributed by atoms with Crippen LogP contribution in [0.15, 0.2) is 24.3 Å². The second-order valence-electron chi connectivity index (χ2n) is 4.25. The molecule has 1 aromatic rings. The molecular formula is C13H16N2O2. The Morgan fingerprint density at radius 3 is 2.41 bits per heavy atom. The van der Waals surface area contributed by atoms with Crippen LogP contribution in [0.4, 0.5) is 10.5 Å². The van der Waals surface area contributed by atoms with E-state index in [4.69, 9.17) is 0 Å². The lowest BCUT2D eigenvalue weighted by molar-refractivity contribution is -0.124. The van der Waals surface area contributed by atoms with E-state index in [1.807, 2.05) is 38.1 Å². The van der Waals surface area contributed by atoms with Gasteiger partial charge in [0.25, 0.3) is 5.91 Å². The fourth-order valence-electron chi connectivity index (χ4n) is 1.91. The van der Waals surface area contributed by atoms with Gasteiger partial charge in [0.15, 0.2) is 0 Å². The van der Waals surface area contributed by atoms with E-state index in [0.29, 0.717) is 6.54 Å². The lowest BCUT2D eigenvalue weighted by Gasteiger charge is -2.16. The van der Waals surface area contributed by atoms with Gasteiger partial charge in [0.1, 0.15) is 6.54 Å². The highest BCUT2D eigenvalue weighted by molar-refractivity contribution is 6.12. The topological polar surface area (TPSA) is 40.6 Å². The third kappa shape index (κ3) is 2.16. The zero-order chi connectivity index (χ0) is 12.4. The van der Waals surface area contributed by atoms with Crippen LogP contribution in [0.1, 0.15) is 18.9 Å². The van der Waals surface area contributed by atoms with E-state index in [0.717, 1.165) is 17.7 Å². The predicted molar refractivity (Wildman–Crippen MR) is 65.9 cm³/mol. The van der Waals surface area contributed by atoms with E-state index in [2.05, 4.69) is 0 Å². The molecule has 4 heteroatoms. The molecule has 1 saturated heterocycles. The molecular weight excluding hydrogens is 216 g/mol. The Hall–Kier alpha value is -1.84. The maximum atomic E-state index is 12.0. The predicted octanol–water partition coefficient (Wildman–Crippen LogP) is 2.17. The molecule has 0 aliphatic carbocycles. The van der Waals surface area contributed by atoms with Crippen molar-refractivity contribution in [3.63, 3.8) is 0 Å². The largest absolute Gasteiger partial charge is 0.331 e. The summed E-state index contributed by atoms with van der Waals surface area (Å²) in [5, 5.41) is 0. The maximum absolute atomic E-state index is 12.0. The molecule has 0 unspecified atom stereocenters. The standard InChI is InChI=1S/C13H16N2O2/c1-3-8-14-12(16)9-15(13(14)17)11-6-4-10(2)5-7-11/h4-7H,3,8-9H2,1-2H3. The molecule has 0 N–H and O–H groups in total. The number of imide groups is 1. The molecule has 4 nitrogen and oxygen atoms in total. The molecule has 1 heterocycles. The number of aryl methyl sites for hydroxylation is 1. The first kappa shape index (κ1) is 11.6. The number of anilines is 1. The summed E-state index contributed by atoms with van der Waals surface area (Å²) >= 11 is 0. The van der Waals surface area contributed by atoms with E-state index in [1.165, 1.54) is 9.80 Å². The fraction of sp³-hybridized carbons (Fsp3) is 0.385. The van der Waals surface area contributed by atoms with Gasteiger partial charge in [0, 0.05) is 12.2 Å². The van der Waals surface area contributed by atoms with Gasteiger partial charge in [-0.25, -0.2) is 4.79 Å². The molecule has 17 heavy (non-hydrogen) atoms. The Balaban J connectivity index is 2.21. The third-order valence-electron chi connectivity index (χ3n) is 2.85. The fourth-order valence-corrected chi connectivity index (χ4v) is 1.91. The van der Waals surface area contributed by atoms with E-state index in [9.17, 15) is 9.59 Å². The van der Waals surface area contributed by atoms with Crippen LogP contribution in [-0.4, -0.2) is 29.9 Å². The second kappa shape index (κ2) is 4.57. The summed E-state index contributed by atoms with van der Waals surface area (Å²) in [6.07, 6.45) is 0.791. The lowest BCUT2D eigenvalue weighted by atomic mass is 10.2. The summed E-state index contributed by atoms with van der Waals surface area (Å²) in [4.78, 5) is 26.6. The van der Waals surface area contributed by atoms with Crippen LogP contribution in [0.2, 0.25) is 0 Å². The molecule has 0 bridgehead atoms. The summed E-state index contributed by atoms with van der Waals surface area (Å²) in [5.41, 5.74) is 1.92. The maximum Gasteiger partial charge on any atom is 0.331 e. The van der Waals surface area contributed by atoms with Gasteiger partial charge in [-0.3, -0.25) is 14.6 Å². The molecule has 0 spiro atoms. The van der Waals surface area contributed by atoms with Gasteiger partial charge in [0.2, 0.25) is 0 Å². The van der Waals surface area contributed by atoms with E-state index in [-0.39, 0.29) is 18.5 Å². The molecule has 0 saturated carbocycles. The van der Waals surface area contributed by atoms with Crippen molar-refractivity contribution >= 4 is 17.6 Å². The molecule has 1 aliphatic rings. The van der Waals surface area contributed by atoms with Crippen molar-refractivity contribution in [3.05, 3.63) is 29.8 Å². The summed E-state index contributed by atoms with van der Waals surface area (Å²) in [7, 11) is 0. The van der Waals surface area contributed by atoms with Crippen molar-refractivity contribution in [2.24, 2.45) is 0 Å². The number of carbonyl (C=O) groups is 2. The van der Waals surface area contributed by atoms with E-state index >= 15 is 0 Å². The summed E-state index contributed by atoms with van der Waals surface area (Å²) in [5.74, 6) is -0.113. The molecule has 90 valence electrons. The Morgan fingerprint density at radius 2 is 1.82 bits per heavy atom. The highest BCUT2D eigenvalue weighted by Gasteiger charge is 2.35. The van der Waals surface area contributed by atoms with Crippen molar-refractivity contribution < 1.29 is 9.59 Å². The first-order valence-corrected chi connectivity index (χ1v) is 5.82. The first-order chi connectivity index (χ1) is 8.13. The molecule has 1 fully saturated rings. The molecule has 3 amide bonds. The first-order valence-electron chi connectivity index (χ1n) is 5.82. The average molecular weight is 232 g/mol. The van der Waals surface area contributed by atoms with Crippen LogP contribution in [0.5, 0.6) is 0 Å². The van der Waals surface area contributed by atoms with Gasteiger partial charge >= 0.3 is 6.03 Å². The summed E-state index contributed by atoms with van der Waals surface area (Å²) < 4.78 is 0. The Kier molecular flexibility index (Phi) is 3.13. The van der Waals surface area contributed by atoms with Crippen LogP contribution in [0.25, 0.3) is 0 Å². The van der Waals surface area contributed by atoms with Crippen molar-refractivity contribution in [1.82, 2.24) is 4.90 Å². The van der Waals surface area contributed by atoms with Gasteiger partial charge in [-0.1, -0.05) is 24.6 Å². The molecule has 2 rings (SSSR count). The van der Waals surface area contributed by atoms with Gasteiger partial charge in [-0.15, -0.1) is 0 Å². The van der Waals surface area contributed by atoms with Gasteiger partial charge < -0.3 is 0 Å². The SMILES string of the molecule is CCCN1C(=O)CN(c2ccc(C)cc2)C1=O. The van der Waals surface area contributed by atoms with Crippen molar-refractivity contribution in [3.8, 4) is 0 Å². The molecule has 1 aliphatic heterocycles. The monoisotopic (exact) mass is 232 g/mol. The Bertz CT molecular complexity index is 439. The van der Waals surface area contributed by atoms with E-state index in [1.54, 1.807) is 0 Å². The van der Waals surface area contributed by atoms with E-state index < -0.39 is 0 Å². The van der Waals surface area contributed by atoms with Crippen molar-refractivity contribution in [1.29, 1.82) is 0 Å². The summed E-state index contributed by atoms with van der Waals surface area (Å²) in [6, 6.07) is 7.41. The Morgan fingerprint density at radius 1 is 1.18 bits per heavy atom. The number of urea groups is 1. The van der Waals surface area contributed by atoms with Gasteiger partial charge in [-0.05, 0) is 25.5 Å². The average Bonchev–Trinajstić information content (AvgIpc) is 2.59. The highest BCUT2D eigenvalue weighted by Crippen LogP contribution is 2.21. The molecule has 1 aromatic carbocycles. The third-order valence-corrected chi connectivity index (χ3v) is 2.85. The number of amides is 3. The number of rotatable bonds is 3. The highest BCUT2D eigenvalue weighted by atomic mass is 16.2. The zero-order valence-electron chi connectivity index (χ0n) is 10.1. The minimum atomic E-state index is -0.208. The normalized spacial score (nSPS) is 15.9. The van der Waals surface area contributed by atoms with Crippen LogP contribution >= 0.6 is 0 Å². The summed E-state index contributed by atoms with van der Waals surface area (Å²) in [6.45, 7) is 4.60. The Labute approximate surface area is 101 Å². The number of hydrogen-bond acceptors (Lipinski definition) is 2. The number of benzene rings is 1. The minimum Gasteiger partial charge on any atom is -0.285 e. The quantitative estimate of drug-likeness (QED) is 0.749. The van der Waals surface area contributed by atoms with Crippen LogP contribution < -0.4 is 4.90 Å². The van der Waals surface area contributed by atoms with Gasteiger partial charge in [0.05, 0.1) is 0 Å². The second-order valence-corrected chi connectivity index (χ2v) is 4.25. The number of carbonyl (C=O) groups excluding carboxylic acids is 2. The van der Waals surface area contributed by atoms with Crippen molar-refractivity contribution in [2.45, 2.75) is 20.3 Å². The van der Waals surface area contributed by atoms with Crippen LogP contribution in [-0.2, 0) is 4.79 Å². The van der Waals surface area contributed by atoms with Crippen LogP contribution in [0.3, 0.4) is 0 Å². The smallest absolute Gasteiger partial charge is 0.285 e. The molecule has 0 atom stereocenters. The van der Waals surface area contributed by atoms with Crippen molar-refractivity contribution in [2.75, 3.05) is 18.0 Å². The number of hydrogen-bond donors (Lipinski definition) is 0. The van der Waals surface area contributed by atoms with Crippen LogP contribution in [0, 0.1) is 6.92 Å². The molecule has 0 aromatic heterocycles. The molecule has 0 radical (unpaired) electrons. The van der Waals surface area contributed by atoms with Gasteiger partial charge in [-0.2, -0.15) is 0 Å². The lowest BCUT2D eigenvalue weighted by Crippen LogP contribution is -2.33.